The van der Waals surface area contributed by atoms with Gasteiger partial charge in [0, 0.05) is 12.0 Å². The standard InChI is InChI=1S/C23H40O/c1-7-10-21(5)17(2)8-9-18-19-15-20(3,4)11-13-23(19,16-24)14-12-22(18,21)6/h9,17,19,24H,7-8,10-16H2,1-6H3. The number of aliphatic hydroxyl groups is 1. The molecular formula is C23H40O. The molecule has 0 bridgehead atoms. The number of hydrogen-bond donors (Lipinski definition) is 1. The Bertz CT molecular complexity index is 518. The van der Waals surface area contributed by atoms with Crippen LogP contribution in [0.4, 0.5) is 0 Å². The second-order valence-electron chi connectivity index (χ2n) is 10.7. The molecule has 2 saturated carbocycles. The molecule has 0 saturated heterocycles. The van der Waals surface area contributed by atoms with Crippen LogP contribution >= 0.6 is 0 Å². The first-order valence-corrected chi connectivity index (χ1v) is 10.5. The van der Waals surface area contributed by atoms with Gasteiger partial charge in [-0.1, -0.05) is 59.6 Å². The average molecular weight is 333 g/mol. The van der Waals surface area contributed by atoms with Gasteiger partial charge in [0.15, 0.2) is 0 Å². The molecule has 1 heteroatoms. The van der Waals surface area contributed by atoms with Crippen molar-refractivity contribution < 1.29 is 5.11 Å². The highest BCUT2D eigenvalue weighted by Gasteiger charge is 2.60. The minimum absolute atomic E-state index is 0.175. The van der Waals surface area contributed by atoms with Crippen LogP contribution < -0.4 is 0 Å². The van der Waals surface area contributed by atoms with E-state index < -0.39 is 0 Å². The van der Waals surface area contributed by atoms with Gasteiger partial charge in [0.25, 0.3) is 0 Å². The molecule has 1 nitrogen and oxygen atoms in total. The summed E-state index contributed by atoms with van der Waals surface area (Å²) in [6.07, 6.45) is 12.7. The van der Waals surface area contributed by atoms with E-state index in [9.17, 15) is 5.11 Å². The molecule has 138 valence electrons. The third kappa shape index (κ3) is 2.44. The quantitative estimate of drug-likeness (QED) is 0.596. The monoisotopic (exact) mass is 332 g/mol. The van der Waals surface area contributed by atoms with Crippen LogP contribution in [0.25, 0.3) is 0 Å². The van der Waals surface area contributed by atoms with Crippen LogP contribution in [0, 0.1) is 33.5 Å². The molecule has 0 radical (unpaired) electrons. The first-order chi connectivity index (χ1) is 11.1. The van der Waals surface area contributed by atoms with Crippen molar-refractivity contribution in [2.45, 2.75) is 92.9 Å². The molecule has 0 amide bonds. The molecule has 3 aliphatic carbocycles. The lowest BCUT2D eigenvalue weighted by Gasteiger charge is -2.64. The molecular weight excluding hydrogens is 292 g/mol. The Morgan fingerprint density at radius 2 is 1.75 bits per heavy atom. The summed E-state index contributed by atoms with van der Waals surface area (Å²) in [5.74, 6) is 1.37. The Balaban J connectivity index is 2.06. The maximum absolute atomic E-state index is 10.4. The van der Waals surface area contributed by atoms with E-state index in [-0.39, 0.29) is 5.41 Å². The van der Waals surface area contributed by atoms with Gasteiger partial charge in [0.1, 0.15) is 0 Å². The normalized spacial score (nSPS) is 47.5. The third-order valence-electron chi connectivity index (χ3n) is 9.05. The fourth-order valence-electron chi connectivity index (χ4n) is 6.80. The lowest BCUT2D eigenvalue weighted by Crippen LogP contribution is -2.56. The summed E-state index contributed by atoms with van der Waals surface area (Å²) in [5, 5.41) is 10.4. The van der Waals surface area contributed by atoms with Crippen molar-refractivity contribution in [2.75, 3.05) is 6.61 Å². The zero-order valence-corrected chi connectivity index (χ0v) is 17.0. The maximum atomic E-state index is 10.4. The highest BCUT2D eigenvalue weighted by Crippen LogP contribution is 2.69. The van der Waals surface area contributed by atoms with Crippen molar-refractivity contribution in [3.05, 3.63) is 11.6 Å². The van der Waals surface area contributed by atoms with E-state index in [2.05, 4.69) is 47.6 Å². The molecule has 0 aromatic rings. The van der Waals surface area contributed by atoms with Crippen molar-refractivity contribution in [1.29, 1.82) is 0 Å². The first-order valence-electron chi connectivity index (χ1n) is 10.5. The third-order valence-corrected chi connectivity index (χ3v) is 9.05. The molecule has 0 aliphatic heterocycles. The summed E-state index contributed by atoms with van der Waals surface area (Å²) >= 11 is 0. The minimum atomic E-state index is 0.175. The number of allylic oxidation sites excluding steroid dienone is 2. The van der Waals surface area contributed by atoms with E-state index in [1.807, 2.05) is 0 Å². The largest absolute Gasteiger partial charge is 0.396 e. The first kappa shape index (κ1) is 18.5. The van der Waals surface area contributed by atoms with E-state index in [4.69, 9.17) is 0 Å². The van der Waals surface area contributed by atoms with E-state index in [0.717, 1.165) is 5.92 Å². The Morgan fingerprint density at radius 3 is 2.38 bits per heavy atom. The van der Waals surface area contributed by atoms with Gasteiger partial charge in [0.05, 0.1) is 0 Å². The van der Waals surface area contributed by atoms with Gasteiger partial charge in [-0.2, -0.15) is 0 Å². The zero-order chi connectivity index (χ0) is 17.8. The predicted octanol–water partition coefficient (Wildman–Crippen LogP) is 6.36. The molecule has 3 rings (SSSR count). The smallest absolute Gasteiger partial charge is 0.0493 e. The highest BCUT2D eigenvalue weighted by atomic mass is 16.3. The lowest BCUT2D eigenvalue weighted by atomic mass is 9.40. The molecule has 1 N–H and O–H groups in total. The Labute approximate surface area is 150 Å². The van der Waals surface area contributed by atoms with Gasteiger partial charge in [0.2, 0.25) is 0 Å². The molecule has 0 spiro atoms. The molecule has 5 unspecified atom stereocenters. The van der Waals surface area contributed by atoms with Gasteiger partial charge in [-0.25, -0.2) is 0 Å². The van der Waals surface area contributed by atoms with Crippen molar-refractivity contribution in [2.24, 2.45) is 33.5 Å². The Hall–Kier alpha value is -0.300. The van der Waals surface area contributed by atoms with E-state index in [1.165, 1.54) is 51.4 Å². The van der Waals surface area contributed by atoms with Crippen LogP contribution in [0.2, 0.25) is 0 Å². The van der Waals surface area contributed by atoms with Crippen LogP contribution in [0.15, 0.2) is 11.6 Å². The Morgan fingerprint density at radius 1 is 1.08 bits per heavy atom. The summed E-state index contributed by atoms with van der Waals surface area (Å²) in [4.78, 5) is 0. The molecule has 3 aliphatic rings. The van der Waals surface area contributed by atoms with Crippen molar-refractivity contribution in [3.8, 4) is 0 Å². The molecule has 0 aromatic carbocycles. The van der Waals surface area contributed by atoms with Crippen molar-refractivity contribution in [1.82, 2.24) is 0 Å². The van der Waals surface area contributed by atoms with Crippen LogP contribution in [0.3, 0.4) is 0 Å². The average Bonchev–Trinajstić information content (AvgIpc) is 2.52. The maximum Gasteiger partial charge on any atom is 0.0493 e. The van der Waals surface area contributed by atoms with E-state index in [0.29, 0.717) is 28.8 Å². The summed E-state index contributed by atoms with van der Waals surface area (Å²) in [7, 11) is 0. The zero-order valence-electron chi connectivity index (χ0n) is 17.0. The minimum Gasteiger partial charge on any atom is -0.396 e. The summed E-state index contributed by atoms with van der Waals surface area (Å²) in [6, 6.07) is 0. The summed E-state index contributed by atoms with van der Waals surface area (Å²) in [5.41, 5.74) is 3.08. The molecule has 0 heterocycles. The highest BCUT2D eigenvalue weighted by molar-refractivity contribution is 5.31. The van der Waals surface area contributed by atoms with Gasteiger partial charge in [-0.15, -0.1) is 0 Å². The van der Waals surface area contributed by atoms with Crippen LogP contribution in [-0.4, -0.2) is 11.7 Å². The topological polar surface area (TPSA) is 20.2 Å². The van der Waals surface area contributed by atoms with E-state index >= 15 is 0 Å². The van der Waals surface area contributed by atoms with Gasteiger partial charge >= 0.3 is 0 Å². The lowest BCUT2D eigenvalue weighted by molar-refractivity contribution is -0.0916. The van der Waals surface area contributed by atoms with Crippen molar-refractivity contribution in [3.63, 3.8) is 0 Å². The molecule has 0 aromatic heterocycles. The predicted molar refractivity (Wildman–Crippen MR) is 103 cm³/mol. The number of fused-ring (bicyclic) bond motifs is 3. The van der Waals surface area contributed by atoms with Crippen molar-refractivity contribution >= 4 is 0 Å². The second-order valence-corrected chi connectivity index (χ2v) is 10.7. The van der Waals surface area contributed by atoms with Gasteiger partial charge in [-0.3, -0.25) is 0 Å². The molecule has 5 atom stereocenters. The van der Waals surface area contributed by atoms with Crippen LogP contribution in [0.5, 0.6) is 0 Å². The number of rotatable bonds is 3. The Kier molecular flexibility index (Phi) is 4.52. The fourth-order valence-corrected chi connectivity index (χ4v) is 6.80. The van der Waals surface area contributed by atoms with E-state index in [1.54, 1.807) is 5.57 Å². The number of hydrogen-bond acceptors (Lipinski definition) is 1. The SMILES string of the molecule is CCCC1(C)C(C)CC=C2C3CC(C)(C)CCC3(CO)CCC21C. The van der Waals surface area contributed by atoms with Crippen LogP contribution in [-0.2, 0) is 0 Å². The summed E-state index contributed by atoms with van der Waals surface area (Å²) in [6.45, 7) is 15.3. The summed E-state index contributed by atoms with van der Waals surface area (Å²) < 4.78 is 0. The molecule has 24 heavy (non-hydrogen) atoms. The van der Waals surface area contributed by atoms with Crippen LogP contribution in [0.1, 0.15) is 92.9 Å². The van der Waals surface area contributed by atoms with Gasteiger partial charge < -0.3 is 5.11 Å². The second kappa shape index (κ2) is 5.86. The fraction of sp³-hybridized carbons (Fsp3) is 0.913. The number of aliphatic hydroxyl groups excluding tert-OH is 1. The van der Waals surface area contributed by atoms with Gasteiger partial charge in [-0.05, 0) is 73.0 Å². The molecule has 2 fully saturated rings.